The molecule has 4 nitrogen and oxygen atoms in total. The normalized spacial score (nSPS) is 18.9. The number of hydrogen-bond donors (Lipinski definition) is 0. The Bertz CT molecular complexity index is 709. The maximum Gasteiger partial charge on any atom is 0.139 e. The first-order chi connectivity index (χ1) is 9.92. The second-order valence-electron chi connectivity index (χ2n) is 5.13. The monoisotopic (exact) mass is 268 g/mol. The number of rotatable bonds is 3. The van der Waals surface area contributed by atoms with Gasteiger partial charge in [-0.3, -0.25) is 0 Å². The fourth-order valence-corrected chi connectivity index (χ4v) is 2.85. The van der Waals surface area contributed by atoms with Crippen molar-refractivity contribution < 1.29 is 9.15 Å². The predicted octanol–water partition coefficient (Wildman–Crippen LogP) is 3.53. The molecule has 3 aromatic rings. The van der Waals surface area contributed by atoms with E-state index in [4.69, 9.17) is 14.1 Å². The highest BCUT2D eigenvalue weighted by Gasteiger charge is 2.24. The molecule has 0 amide bonds. The SMILES string of the molecule is c1coc(Cn2c(C3CCCO3)nc3ccccc32)c1. The molecular formula is C16H16N2O2. The largest absolute Gasteiger partial charge is 0.467 e. The second-order valence-corrected chi connectivity index (χ2v) is 5.13. The van der Waals surface area contributed by atoms with Gasteiger partial charge in [0.15, 0.2) is 0 Å². The van der Waals surface area contributed by atoms with E-state index in [2.05, 4.69) is 10.6 Å². The average molecular weight is 268 g/mol. The van der Waals surface area contributed by atoms with Gasteiger partial charge in [0.2, 0.25) is 0 Å². The van der Waals surface area contributed by atoms with Crippen LogP contribution >= 0.6 is 0 Å². The van der Waals surface area contributed by atoms with Gasteiger partial charge in [0, 0.05) is 6.61 Å². The summed E-state index contributed by atoms with van der Waals surface area (Å²) < 4.78 is 13.5. The van der Waals surface area contributed by atoms with Gasteiger partial charge in [0.25, 0.3) is 0 Å². The Morgan fingerprint density at radius 2 is 2.15 bits per heavy atom. The molecule has 0 N–H and O–H groups in total. The number of nitrogens with zero attached hydrogens (tertiary/aromatic N) is 2. The van der Waals surface area contributed by atoms with E-state index in [-0.39, 0.29) is 6.10 Å². The zero-order chi connectivity index (χ0) is 13.4. The molecule has 2 aromatic heterocycles. The van der Waals surface area contributed by atoms with E-state index in [0.717, 1.165) is 42.1 Å². The van der Waals surface area contributed by atoms with E-state index in [1.54, 1.807) is 6.26 Å². The van der Waals surface area contributed by atoms with Crippen LogP contribution in [0.15, 0.2) is 47.1 Å². The lowest BCUT2D eigenvalue weighted by molar-refractivity contribution is 0.102. The van der Waals surface area contributed by atoms with Gasteiger partial charge >= 0.3 is 0 Å². The molecule has 0 bridgehead atoms. The summed E-state index contributed by atoms with van der Waals surface area (Å²) in [6.45, 7) is 1.53. The number of fused-ring (bicyclic) bond motifs is 1. The van der Waals surface area contributed by atoms with Crippen molar-refractivity contribution in [1.82, 2.24) is 9.55 Å². The highest BCUT2D eigenvalue weighted by molar-refractivity contribution is 5.76. The zero-order valence-corrected chi connectivity index (χ0v) is 11.2. The first-order valence-corrected chi connectivity index (χ1v) is 7.01. The molecule has 1 atom stereocenters. The van der Waals surface area contributed by atoms with Crippen molar-refractivity contribution in [3.05, 3.63) is 54.2 Å². The van der Waals surface area contributed by atoms with Crippen molar-refractivity contribution in [3.8, 4) is 0 Å². The molecule has 1 unspecified atom stereocenters. The third-order valence-corrected chi connectivity index (χ3v) is 3.80. The minimum absolute atomic E-state index is 0.109. The summed E-state index contributed by atoms with van der Waals surface area (Å²) in [5, 5.41) is 0. The standard InChI is InChI=1S/C16H16N2O2/c1-2-7-14-13(6-1)17-16(15-8-4-10-20-15)18(14)11-12-5-3-9-19-12/h1-3,5-7,9,15H,4,8,10-11H2. The number of para-hydroxylation sites is 2. The van der Waals surface area contributed by atoms with E-state index < -0.39 is 0 Å². The molecule has 1 fully saturated rings. The Morgan fingerprint density at radius 1 is 1.20 bits per heavy atom. The molecule has 0 saturated carbocycles. The molecule has 0 spiro atoms. The molecule has 4 rings (SSSR count). The maximum atomic E-state index is 5.81. The van der Waals surface area contributed by atoms with Gasteiger partial charge in [-0.15, -0.1) is 0 Å². The lowest BCUT2D eigenvalue weighted by Gasteiger charge is -2.12. The molecule has 1 aliphatic heterocycles. The van der Waals surface area contributed by atoms with Gasteiger partial charge < -0.3 is 13.7 Å². The van der Waals surface area contributed by atoms with Crippen LogP contribution in [0.1, 0.15) is 30.5 Å². The van der Waals surface area contributed by atoms with Crippen LogP contribution in [0.4, 0.5) is 0 Å². The number of furan rings is 1. The highest BCUT2D eigenvalue weighted by atomic mass is 16.5. The first-order valence-electron chi connectivity index (χ1n) is 7.01. The summed E-state index contributed by atoms with van der Waals surface area (Å²) in [6.07, 6.45) is 3.97. The third kappa shape index (κ3) is 1.93. The average Bonchev–Trinajstić information content (AvgIpc) is 3.19. The predicted molar refractivity (Wildman–Crippen MR) is 75.5 cm³/mol. The maximum absolute atomic E-state index is 5.81. The summed E-state index contributed by atoms with van der Waals surface area (Å²) in [7, 11) is 0. The van der Waals surface area contributed by atoms with Crippen LogP contribution in [0.5, 0.6) is 0 Å². The van der Waals surface area contributed by atoms with E-state index in [0.29, 0.717) is 6.54 Å². The molecule has 1 aromatic carbocycles. The van der Waals surface area contributed by atoms with Gasteiger partial charge in [-0.1, -0.05) is 12.1 Å². The van der Waals surface area contributed by atoms with Crippen LogP contribution < -0.4 is 0 Å². The minimum Gasteiger partial charge on any atom is -0.467 e. The molecule has 4 heteroatoms. The molecule has 20 heavy (non-hydrogen) atoms. The number of hydrogen-bond acceptors (Lipinski definition) is 3. The molecule has 1 aliphatic rings. The van der Waals surface area contributed by atoms with Crippen LogP contribution in [-0.4, -0.2) is 16.2 Å². The highest BCUT2D eigenvalue weighted by Crippen LogP contribution is 2.31. The van der Waals surface area contributed by atoms with Crippen LogP contribution in [0.3, 0.4) is 0 Å². The minimum atomic E-state index is 0.109. The summed E-state index contributed by atoms with van der Waals surface area (Å²) >= 11 is 0. The summed E-state index contributed by atoms with van der Waals surface area (Å²) in [5.74, 6) is 1.95. The van der Waals surface area contributed by atoms with Crippen molar-refractivity contribution in [2.75, 3.05) is 6.61 Å². The Morgan fingerprint density at radius 3 is 2.95 bits per heavy atom. The molecular weight excluding hydrogens is 252 g/mol. The fourth-order valence-electron chi connectivity index (χ4n) is 2.85. The van der Waals surface area contributed by atoms with Crippen LogP contribution in [-0.2, 0) is 11.3 Å². The van der Waals surface area contributed by atoms with Gasteiger partial charge in [0.05, 0.1) is 23.8 Å². The van der Waals surface area contributed by atoms with E-state index in [1.807, 2.05) is 30.3 Å². The molecule has 0 aliphatic carbocycles. The van der Waals surface area contributed by atoms with Crippen molar-refractivity contribution in [1.29, 1.82) is 0 Å². The summed E-state index contributed by atoms with van der Waals surface area (Å²) in [6, 6.07) is 12.1. The Hall–Kier alpha value is -2.07. The molecule has 0 radical (unpaired) electrons. The number of benzene rings is 1. The number of imidazole rings is 1. The Balaban J connectivity index is 1.83. The van der Waals surface area contributed by atoms with Crippen molar-refractivity contribution >= 4 is 11.0 Å². The van der Waals surface area contributed by atoms with Gasteiger partial charge in [-0.25, -0.2) is 4.98 Å². The molecule has 1 saturated heterocycles. The third-order valence-electron chi connectivity index (χ3n) is 3.80. The fraction of sp³-hybridized carbons (Fsp3) is 0.312. The second kappa shape index (κ2) is 4.80. The van der Waals surface area contributed by atoms with Gasteiger partial charge in [0.1, 0.15) is 17.7 Å². The van der Waals surface area contributed by atoms with E-state index in [9.17, 15) is 0 Å². The zero-order valence-electron chi connectivity index (χ0n) is 11.2. The number of ether oxygens (including phenoxy) is 1. The van der Waals surface area contributed by atoms with Crippen molar-refractivity contribution in [2.24, 2.45) is 0 Å². The van der Waals surface area contributed by atoms with Crippen molar-refractivity contribution in [2.45, 2.75) is 25.5 Å². The molecule has 102 valence electrons. The summed E-state index contributed by atoms with van der Waals surface area (Å²) in [4.78, 5) is 4.77. The van der Waals surface area contributed by atoms with E-state index >= 15 is 0 Å². The topological polar surface area (TPSA) is 40.2 Å². The Kier molecular flexibility index (Phi) is 2.81. The van der Waals surface area contributed by atoms with E-state index in [1.165, 1.54) is 0 Å². The van der Waals surface area contributed by atoms with Crippen LogP contribution in [0.2, 0.25) is 0 Å². The summed E-state index contributed by atoms with van der Waals surface area (Å²) in [5.41, 5.74) is 2.15. The quantitative estimate of drug-likeness (QED) is 0.729. The van der Waals surface area contributed by atoms with Crippen LogP contribution in [0.25, 0.3) is 11.0 Å². The lowest BCUT2D eigenvalue weighted by atomic mass is 10.2. The van der Waals surface area contributed by atoms with Crippen LogP contribution in [0, 0.1) is 0 Å². The lowest BCUT2D eigenvalue weighted by Crippen LogP contribution is -2.09. The van der Waals surface area contributed by atoms with Crippen molar-refractivity contribution in [3.63, 3.8) is 0 Å². The van der Waals surface area contributed by atoms with Gasteiger partial charge in [-0.05, 0) is 37.1 Å². The molecule has 3 heterocycles. The Labute approximate surface area is 117 Å². The first kappa shape index (κ1) is 11.7. The number of aromatic nitrogens is 2. The van der Waals surface area contributed by atoms with Gasteiger partial charge in [-0.2, -0.15) is 0 Å². The smallest absolute Gasteiger partial charge is 0.139 e.